The molecule has 13 nitrogen and oxygen atoms in total. The van der Waals surface area contributed by atoms with Crippen molar-refractivity contribution in [2.75, 3.05) is 54.3 Å². The zero-order chi connectivity index (χ0) is 32.0. The summed E-state index contributed by atoms with van der Waals surface area (Å²) in [6.45, 7) is 0.632. The van der Waals surface area contributed by atoms with Gasteiger partial charge in [0.25, 0.3) is 5.91 Å². The molecule has 1 fully saturated rings. The number of aromatic nitrogens is 2. The minimum absolute atomic E-state index is 0.0472. The Balaban J connectivity index is 1.50. The first-order valence-corrected chi connectivity index (χ1v) is 16.7. The summed E-state index contributed by atoms with van der Waals surface area (Å²) in [5.41, 5.74) is 0.730. The monoisotopic (exact) mass is 656 g/mol. The van der Waals surface area contributed by atoms with Crippen molar-refractivity contribution in [2.45, 2.75) is 18.9 Å². The number of alkyl halides is 3. The van der Waals surface area contributed by atoms with Crippen molar-refractivity contribution >= 4 is 52.2 Å². The Morgan fingerprint density at radius 2 is 1.77 bits per heavy atom. The number of ether oxygens (including phenoxy) is 1. The average Bonchev–Trinajstić information content (AvgIpc) is 3.23. The number of rotatable bonds is 8. The molecule has 0 radical (unpaired) electrons. The van der Waals surface area contributed by atoms with Gasteiger partial charge in [-0.25, -0.2) is 13.4 Å². The number of carbonyl (C=O) groups is 1. The van der Waals surface area contributed by atoms with Crippen LogP contribution >= 0.6 is 7.60 Å². The summed E-state index contributed by atoms with van der Waals surface area (Å²) in [7, 11) is -4.66. The third-order valence-electron chi connectivity index (χ3n) is 7.18. The predicted molar refractivity (Wildman–Crippen MR) is 155 cm³/mol. The number of sulfone groups is 1. The Morgan fingerprint density at radius 1 is 1.09 bits per heavy atom. The van der Waals surface area contributed by atoms with Crippen LogP contribution in [0.4, 0.5) is 42.0 Å². The van der Waals surface area contributed by atoms with Crippen molar-refractivity contribution in [3.63, 3.8) is 0 Å². The highest BCUT2D eigenvalue weighted by Gasteiger charge is 2.37. The van der Waals surface area contributed by atoms with E-state index in [2.05, 4.69) is 20.6 Å². The largest absolute Gasteiger partial charge is 0.495 e. The van der Waals surface area contributed by atoms with Crippen molar-refractivity contribution < 1.29 is 45.5 Å². The Bertz CT molecular complexity index is 1770. The zero-order valence-electron chi connectivity index (χ0n) is 23.4. The lowest BCUT2D eigenvalue weighted by molar-refractivity contribution is -0.137. The van der Waals surface area contributed by atoms with Crippen LogP contribution in [0, 0.1) is 0 Å². The molecule has 18 heteroatoms. The topological polar surface area (TPSA) is 174 Å². The average molecular weight is 657 g/mol. The van der Waals surface area contributed by atoms with E-state index in [-0.39, 0.29) is 65.3 Å². The van der Waals surface area contributed by atoms with Gasteiger partial charge < -0.3 is 35.0 Å². The van der Waals surface area contributed by atoms with Crippen LogP contribution in [-0.2, 0) is 33.3 Å². The van der Waals surface area contributed by atoms with Crippen molar-refractivity contribution in [1.82, 2.24) is 14.9 Å². The van der Waals surface area contributed by atoms with Crippen LogP contribution in [0.5, 0.6) is 5.75 Å². The van der Waals surface area contributed by atoms with Gasteiger partial charge in [-0.05, 0) is 29.8 Å². The summed E-state index contributed by atoms with van der Waals surface area (Å²) in [4.78, 5) is 42.8. The molecule has 3 aromatic rings. The highest BCUT2D eigenvalue weighted by molar-refractivity contribution is 7.91. The quantitative estimate of drug-likeness (QED) is 0.260. The van der Waals surface area contributed by atoms with E-state index in [0.29, 0.717) is 17.4 Å². The Kier molecular flexibility index (Phi) is 8.26. The molecular weight excluding hydrogens is 628 g/mol. The number of hydrogen-bond donors (Lipinski definition) is 4. The van der Waals surface area contributed by atoms with Gasteiger partial charge in [-0.15, -0.1) is 0 Å². The maximum atomic E-state index is 14.0. The van der Waals surface area contributed by atoms with E-state index >= 15 is 0 Å². The first-order valence-electron chi connectivity index (χ1n) is 13.1. The Labute approximate surface area is 250 Å². The van der Waals surface area contributed by atoms with Crippen LogP contribution in [0.25, 0.3) is 0 Å². The number of amides is 1. The standard InChI is InChI=1S/C26H28F3N6O7PS/c1-34-13-16-20(35-7-9-44(40,41)10-8-35)6-5-19(22(16)24(34)36)31-23-17(26(27,28)29)12-30-25(33-23)32-18-4-3-15(11-21(18)42-2)14-43(37,38)39/h3-6,11-12H,7-10,13-14H2,1-2H3,(H2,37,38,39)(H2,30,31,32,33). The number of anilines is 5. The second kappa shape index (κ2) is 11.5. The van der Waals surface area contributed by atoms with Gasteiger partial charge in [0, 0.05) is 44.1 Å². The van der Waals surface area contributed by atoms with Crippen LogP contribution < -0.4 is 20.3 Å². The number of methoxy groups -OCH3 is 1. The summed E-state index contributed by atoms with van der Waals surface area (Å²) in [5, 5.41) is 5.44. The minimum Gasteiger partial charge on any atom is -0.495 e. The number of halogens is 3. The molecule has 3 heterocycles. The van der Waals surface area contributed by atoms with E-state index in [0.717, 1.165) is 0 Å². The molecule has 1 saturated heterocycles. The summed E-state index contributed by atoms with van der Waals surface area (Å²) in [5.74, 6) is -1.26. The fourth-order valence-corrected chi connectivity index (χ4v) is 6.94. The summed E-state index contributed by atoms with van der Waals surface area (Å²) < 4.78 is 82.6. The molecule has 5 rings (SSSR count). The zero-order valence-corrected chi connectivity index (χ0v) is 25.1. The number of carbonyl (C=O) groups excluding carboxylic acids is 1. The van der Waals surface area contributed by atoms with E-state index in [1.807, 2.05) is 4.90 Å². The first kappa shape index (κ1) is 31.5. The lowest BCUT2D eigenvalue weighted by atomic mass is 10.0. The molecule has 4 N–H and O–H groups in total. The second-order valence-electron chi connectivity index (χ2n) is 10.3. The van der Waals surface area contributed by atoms with Crippen LogP contribution in [-0.4, -0.2) is 77.7 Å². The molecule has 0 bridgehead atoms. The smallest absolute Gasteiger partial charge is 0.421 e. The van der Waals surface area contributed by atoms with E-state index < -0.39 is 47.1 Å². The SMILES string of the molecule is COc1cc(CP(=O)(O)O)ccc1Nc1ncc(C(F)(F)F)c(Nc2ccc(N3CCS(=O)(=O)CC3)c3c2C(=O)N(C)C3)n1. The molecular formula is C26H28F3N6O7PS. The van der Waals surface area contributed by atoms with Crippen LogP contribution in [0.15, 0.2) is 36.5 Å². The maximum absolute atomic E-state index is 14.0. The van der Waals surface area contributed by atoms with Gasteiger partial charge in [0.2, 0.25) is 5.95 Å². The lowest BCUT2D eigenvalue weighted by Gasteiger charge is -2.30. The summed E-state index contributed by atoms with van der Waals surface area (Å²) in [6, 6.07) is 7.31. The van der Waals surface area contributed by atoms with E-state index in [1.165, 1.54) is 36.3 Å². The van der Waals surface area contributed by atoms with Gasteiger partial charge in [-0.3, -0.25) is 9.36 Å². The number of benzene rings is 2. The van der Waals surface area contributed by atoms with E-state index in [9.17, 15) is 40.7 Å². The minimum atomic E-state index is -4.86. The summed E-state index contributed by atoms with van der Waals surface area (Å²) >= 11 is 0. The van der Waals surface area contributed by atoms with Crippen molar-refractivity contribution in [3.05, 3.63) is 58.8 Å². The van der Waals surface area contributed by atoms with Crippen LogP contribution in [0.2, 0.25) is 0 Å². The predicted octanol–water partition coefficient (Wildman–Crippen LogP) is 3.49. The molecule has 0 saturated carbocycles. The van der Waals surface area contributed by atoms with E-state index in [1.54, 1.807) is 13.1 Å². The molecule has 0 unspecified atom stereocenters. The summed E-state index contributed by atoms with van der Waals surface area (Å²) in [6.07, 6.45) is -4.81. The molecule has 0 spiro atoms. The molecule has 2 aliphatic rings. The van der Waals surface area contributed by atoms with Gasteiger partial charge in [-0.1, -0.05) is 6.07 Å². The van der Waals surface area contributed by atoms with Gasteiger partial charge in [0.1, 0.15) is 17.1 Å². The second-order valence-corrected chi connectivity index (χ2v) is 14.3. The molecule has 0 aliphatic carbocycles. The molecule has 2 aliphatic heterocycles. The number of fused-ring (bicyclic) bond motifs is 1. The molecule has 1 aromatic heterocycles. The fraction of sp³-hybridized carbons (Fsp3) is 0.346. The first-order chi connectivity index (χ1) is 20.5. The number of nitrogens with one attached hydrogen (secondary N) is 2. The normalized spacial score (nSPS) is 16.6. The molecule has 1 amide bonds. The molecule has 236 valence electrons. The van der Waals surface area contributed by atoms with Gasteiger partial charge in [-0.2, -0.15) is 18.2 Å². The van der Waals surface area contributed by atoms with Crippen LogP contribution in [0.1, 0.15) is 27.0 Å². The Hall–Kier alpha value is -3.92. The third-order valence-corrected chi connectivity index (χ3v) is 9.56. The third kappa shape index (κ3) is 6.75. The molecule has 0 atom stereocenters. The molecule has 2 aromatic carbocycles. The van der Waals surface area contributed by atoms with Gasteiger partial charge in [0.15, 0.2) is 9.84 Å². The van der Waals surface area contributed by atoms with Crippen molar-refractivity contribution in [1.29, 1.82) is 0 Å². The maximum Gasteiger partial charge on any atom is 0.421 e. The lowest BCUT2D eigenvalue weighted by Crippen LogP contribution is -2.40. The molecule has 44 heavy (non-hydrogen) atoms. The van der Waals surface area contributed by atoms with Crippen molar-refractivity contribution in [2.24, 2.45) is 0 Å². The highest BCUT2D eigenvalue weighted by atomic mass is 32.2. The van der Waals surface area contributed by atoms with E-state index in [4.69, 9.17) is 4.74 Å². The number of hydrogen-bond acceptors (Lipinski definition) is 10. The van der Waals surface area contributed by atoms with Gasteiger partial charge >= 0.3 is 13.8 Å². The fourth-order valence-electron chi connectivity index (χ4n) is 5.06. The van der Waals surface area contributed by atoms with Crippen LogP contribution in [0.3, 0.4) is 0 Å². The van der Waals surface area contributed by atoms with Gasteiger partial charge in [0.05, 0.1) is 41.7 Å². The highest BCUT2D eigenvalue weighted by Crippen LogP contribution is 2.42. The Morgan fingerprint density at radius 3 is 2.41 bits per heavy atom. The number of nitrogens with zero attached hydrogens (tertiary/aromatic N) is 4. The van der Waals surface area contributed by atoms with Crippen molar-refractivity contribution in [3.8, 4) is 5.75 Å².